The fraction of sp³-hybridized carbons (Fsp3) is 0.440. The molecule has 1 fully saturated rings. The van der Waals surface area contributed by atoms with Crippen LogP contribution in [0, 0.1) is 5.92 Å². The van der Waals surface area contributed by atoms with Crippen molar-refractivity contribution in [3.63, 3.8) is 0 Å². The highest BCUT2D eigenvalue weighted by Crippen LogP contribution is 2.31. The monoisotopic (exact) mass is 469 g/mol. The lowest BCUT2D eigenvalue weighted by molar-refractivity contribution is -0.126. The molecule has 0 bridgehead atoms. The highest BCUT2D eigenvalue weighted by atomic mass is 32.1. The summed E-state index contributed by atoms with van der Waals surface area (Å²) in [7, 11) is 1.64. The number of piperidine rings is 1. The largest absolute Gasteiger partial charge is 0.497 e. The first kappa shape index (κ1) is 23.3. The van der Waals surface area contributed by atoms with E-state index in [1.54, 1.807) is 7.11 Å². The maximum atomic E-state index is 13.5. The van der Waals surface area contributed by atoms with Gasteiger partial charge in [-0.05, 0) is 49.1 Å². The molecular weight excluding hydrogens is 438 g/mol. The Balaban J connectivity index is 1.55. The van der Waals surface area contributed by atoms with E-state index in [1.165, 1.54) is 11.3 Å². The first-order chi connectivity index (χ1) is 16.0. The van der Waals surface area contributed by atoms with Crippen LogP contribution in [0.4, 0.5) is 0 Å². The van der Waals surface area contributed by atoms with Crippen LogP contribution in [0.25, 0.3) is 10.2 Å². The van der Waals surface area contributed by atoms with Gasteiger partial charge in [0, 0.05) is 37.0 Å². The van der Waals surface area contributed by atoms with Crippen molar-refractivity contribution in [1.29, 1.82) is 0 Å². The zero-order chi connectivity index (χ0) is 23.4. The smallest absolute Gasteiger partial charge is 0.270 e. The number of methoxy groups -OCH3 is 1. The van der Waals surface area contributed by atoms with Crippen molar-refractivity contribution < 1.29 is 19.4 Å². The average Bonchev–Trinajstić information content (AvgIpc) is 3.41. The number of fused-ring (bicyclic) bond motifs is 1. The summed E-state index contributed by atoms with van der Waals surface area (Å²) in [6.07, 6.45) is 2.29. The van der Waals surface area contributed by atoms with E-state index in [2.05, 4.69) is 5.32 Å². The van der Waals surface area contributed by atoms with Gasteiger partial charge in [-0.15, -0.1) is 11.3 Å². The van der Waals surface area contributed by atoms with Crippen molar-refractivity contribution in [2.75, 3.05) is 26.7 Å². The number of hydrogen-bond acceptors (Lipinski definition) is 5. The highest BCUT2D eigenvalue weighted by Gasteiger charge is 2.29. The zero-order valence-corrected chi connectivity index (χ0v) is 20.0. The van der Waals surface area contributed by atoms with E-state index in [0.29, 0.717) is 44.7 Å². The van der Waals surface area contributed by atoms with Gasteiger partial charge >= 0.3 is 0 Å². The molecule has 0 aliphatic carbocycles. The van der Waals surface area contributed by atoms with Gasteiger partial charge in [0.25, 0.3) is 5.91 Å². The van der Waals surface area contributed by atoms with E-state index in [1.807, 2.05) is 52.8 Å². The number of aliphatic hydroxyl groups excluding tert-OH is 1. The fourth-order valence-electron chi connectivity index (χ4n) is 4.33. The predicted octanol–water partition coefficient (Wildman–Crippen LogP) is 3.63. The van der Waals surface area contributed by atoms with Crippen LogP contribution in [0.1, 0.15) is 47.1 Å². The summed E-state index contributed by atoms with van der Waals surface area (Å²) in [5, 5.41) is 12.6. The van der Waals surface area contributed by atoms with Crippen LogP contribution in [0.15, 0.2) is 36.4 Å². The molecule has 3 aromatic rings. The lowest BCUT2D eigenvalue weighted by Crippen LogP contribution is -2.43. The highest BCUT2D eigenvalue weighted by molar-refractivity contribution is 7.19. The molecule has 2 amide bonds. The molecule has 0 unspecified atom stereocenters. The van der Waals surface area contributed by atoms with E-state index in [0.717, 1.165) is 32.8 Å². The van der Waals surface area contributed by atoms with Crippen LogP contribution in [0.3, 0.4) is 0 Å². The number of thiophene rings is 1. The number of nitrogens with zero attached hydrogens (tertiary/aromatic N) is 2. The third-order valence-electron chi connectivity index (χ3n) is 6.22. The first-order valence-electron chi connectivity index (χ1n) is 11.5. The Labute approximate surface area is 198 Å². The summed E-state index contributed by atoms with van der Waals surface area (Å²) in [5.41, 5.74) is 2.66. The van der Waals surface area contributed by atoms with Gasteiger partial charge in [0.1, 0.15) is 11.4 Å². The summed E-state index contributed by atoms with van der Waals surface area (Å²) in [6.45, 7) is 4.42. The number of benzene rings is 1. The molecule has 176 valence electrons. The Bertz CT molecular complexity index is 1110. The third kappa shape index (κ3) is 5.07. The summed E-state index contributed by atoms with van der Waals surface area (Å²) >= 11 is 1.51. The molecule has 3 heterocycles. The Morgan fingerprint density at radius 1 is 1.18 bits per heavy atom. The minimum Gasteiger partial charge on any atom is -0.497 e. The summed E-state index contributed by atoms with van der Waals surface area (Å²) in [4.78, 5) is 28.6. The van der Waals surface area contributed by atoms with Crippen LogP contribution in [-0.2, 0) is 17.9 Å². The van der Waals surface area contributed by atoms with Gasteiger partial charge in [0.05, 0.1) is 23.9 Å². The van der Waals surface area contributed by atoms with Crippen molar-refractivity contribution in [2.45, 2.75) is 39.3 Å². The Hall–Kier alpha value is -2.84. The van der Waals surface area contributed by atoms with Crippen LogP contribution in [0.5, 0.6) is 5.75 Å². The summed E-state index contributed by atoms with van der Waals surface area (Å²) < 4.78 is 8.29. The van der Waals surface area contributed by atoms with Gasteiger partial charge in [0.2, 0.25) is 5.91 Å². The van der Waals surface area contributed by atoms with Gasteiger partial charge in [-0.1, -0.05) is 19.1 Å². The van der Waals surface area contributed by atoms with Crippen molar-refractivity contribution >= 4 is 33.4 Å². The number of rotatable bonds is 8. The van der Waals surface area contributed by atoms with Crippen LogP contribution < -0.4 is 10.1 Å². The van der Waals surface area contributed by atoms with Gasteiger partial charge < -0.3 is 24.6 Å². The quantitative estimate of drug-likeness (QED) is 0.528. The second-order valence-electron chi connectivity index (χ2n) is 8.44. The number of carbonyl (C=O) groups excluding carboxylic acids is 2. The number of likely N-dealkylation sites (tertiary alicyclic amines) is 1. The number of amides is 2. The fourth-order valence-corrected chi connectivity index (χ4v) is 5.29. The zero-order valence-electron chi connectivity index (χ0n) is 19.2. The van der Waals surface area contributed by atoms with Gasteiger partial charge in [-0.2, -0.15) is 0 Å². The SMILES string of the molecule is CCCNC(=O)C1CCN(C(=O)c2cc3sc(CO)cc3n2Cc2ccc(OC)cc2)CC1. The van der Waals surface area contributed by atoms with Crippen molar-refractivity contribution in [3.05, 3.63) is 52.5 Å². The lowest BCUT2D eigenvalue weighted by Gasteiger charge is -2.31. The number of nitrogens with one attached hydrogen (secondary N) is 1. The maximum absolute atomic E-state index is 13.5. The maximum Gasteiger partial charge on any atom is 0.270 e. The Kier molecular flexibility index (Phi) is 7.35. The second-order valence-corrected chi connectivity index (χ2v) is 9.61. The summed E-state index contributed by atoms with van der Waals surface area (Å²) in [6, 6.07) is 11.7. The molecule has 1 saturated heterocycles. The van der Waals surface area contributed by atoms with Crippen molar-refractivity contribution in [3.8, 4) is 5.75 Å². The molecule has 0 radical (unpaired) electrons. The molecule has 8 heteroatoms. The van der Waals surface area contributed by atoms with E-state index in [-0.39, 0.29) is 24.3 Å². The van der Waals surface area contributed by atoms with E-state index < -0.39 is 0 Å². The second kappa shape index (κ2) is 10.4. The number of aromatic nitrogens is 1. The molecule has 2 N–H and O–H groups in total. The molecule has 33 heavy (non-hydrogen) atoms. The van der Waals surface area contributed by atoms with Crippen molar-refractivity contribution in [2.24, 2.45) is 5.92 Å². The molecular formula is C25H31N3O4S. The molecule has 1 aliphatic rings. The summed E-state index contributed by atoms with van der Waals surface area (Å²) in [5.74, 6) is 0.854. The van der Waals surface area contributed by atoms with Gasteiger partial charge in [-0.3, -0.25) is 9.59 Å². The topological polar surface area (TPSA) is 83.8 Å². The molecule has 4 rings (SSSR count). The van der Waals surface area contributed by atoms with Gasteiger partial charge in [0.15, 0.2) is 0 Å². The molecule has 1 aromatic carbocycles. The molecule has 1 aliphatic heterocycles. The molecule has 2 aromatic heterocycles. The van der Waals surface area contributed by atoms with E-state index in [9.17, 15) is 14.7 Å². The third-order valence-corrected chi connectivity index (χ3v) is 7.27. The predicted molar refractivity (Wildman–Crippen MR) is 130 cm³/mol. The minimum absolute atomic E-state index is 0.00937. The normalized spacial score (nSPS) is 14.6. The number of hydrogen-bond donors (Lipinski definition) is 2. The van der Waals surface area contributed by atoms with Crippen molar-refractivity contribution in [1.82, 2.24) is 14.8 Å². The standard InChI is InChI=1S/C25H31N3O4S/c1-3-10-26-24(30)18-8-11-27(12-9-18)25(31)22-14-23-21(13-20(16-29)33-23)28(22)15-17-4-6-19(32-2)7-5-17/h4-7,13-14,18,29H,3,8-12,15-16H2,1-2H3,(H,26,30). The Morgan fingerprint density at radius 3 is 2.55 bits per heavy atom. The minimum atomic E-state index is -0.0257. The molecule has 0 spiro atoms. The van der Waals surface area contributed by atoms with Crippen LogP contribution in [0.2, 0.25) is 0 Å². The number of ether oxygens (including phenoxy) is 1. The Morgan fingerprint density at radius 2 is 1.91 bits per heavy atom. The van der Waals surface area contributed by atoms with E-state index >= 15 is 0 Å². The van der Waals surface area contributed by atoms with Gasteiger partial charge in [-0.25, -0.2) is 0 Å². The molecule has 7 nitrogen and oxygen atoms in total. The van der Waals surface area contributed by atoms with Crippen LogP contribution in [-0.4, -0.2) is 53.1 Å². The van der Waals surface area contributed by atoms with Crippen LogP contribution >= 0.6 is 11.3 Å². The van der Waals surface area contributed by atoms with E-state index in [4.69, 9.17) is 4.74 Å². The average molecular weight is 470 g/mol. The lowest BCUT2D eigenvalue weighted by atomic mass is 9.95. The molecule has 0 atom stereocenters. The molecule has 0 saturated carbocycles. The number of aliphatic hydroxyl groups is 1. The first-order valence-corrected chi connectivity index (χ1v) is 12.3. The number of carbonyl (C=O) groups is 2.